The number of hydrogen-bond acceptors (Lipinski definition) is 5. The first kappa shape index (κ1) is 14.8. The number of rotatable bonds is 3. The summed E-state index contributed by atoms with van der Waals surface area (Å²) in [5.74, 6) is -0.372. The van der Waals surface area contributed by atoms with Crippen LogP contribution < -0.4 is 5.32 Å². The summed E-state index contributed by atoms with van der Waals surface area (Å²) in [5.41, 5.74) is -1.02. The molecule has 0 radical (unpaired) electrons. The Morgan fingerprint density at radius 2 is 1.89 bits per heavy atom. The van der Waals surface area contributed by atoms with Gasteiger partial charge in [-0.3, -0.25) is 10.1 Å². The lowest BCUT2D eigenvalue weighted by atomic mass is 9.89. The van der Waals surface area contributed by atoms with E-state index in [0.717, 1.165) is 25.7 Å². The van der Waals surface area contributed by atoms with Gasteiger partial charge in [0.2, 0.25) is 0 Å². The normalized spacial score (nSPS) is 31.8. The van der Waals surface area contributed by atoms with Crippen LogP contribution in [-0.2, 0) is 19.4 Å². The summed E-state index contributed by atoms with van der Waals surface area (Å²) in [6.07, 6.45) is 6.61. The molecule has 0 spiro atoms. The Kier molecular flexibility index (Phi) is 4.50. The van der Waals surface area contributed by atoms with Crippen molar-refractivity contribution in [1.29, 1.82) is 0 Å². The molecule has 0 aromatic carbocycles. The highest BCUT2D eigenvalue weighted by Crippen LogP contribution is 2.28. The Balaban J connectivity index is 2.16. The van der Waals surface area contributed by atoms with Crippen molar-refractivity contribution in [2.45, 2.75) is 56.5 Å². The maximum Gasteiger partial charge on any atom is 0.327 e. The number of methoxy groups -OCH3 is 1. The molecule has 2 fully saturated rings. The average molecular weight is 289 g/mol. The van der Waals surface area contributed by atoms with Gasteiger partial charge < -0.3 is 4.74 Å². The number of esters is 1. The van der Waals surface area contributed by atoms with Gasteiger partial charge in [-0.2, -0.15) is 0 Å². The van der Waals surface area contributed by atoms with E-state index in [-0.39, 0.29) is 17.5 Å². The Hall–Kier alpha value is -0.620. The summed E-state index contributed by atoms with van der Waals surface area (Å²) in [6, 6.07) is 0.237. The molecule has 1 aliphatic heterocycles. The monoisotopic (exact) mass is 289 g/mol. The summed E-state index contributed by atoms with van der Waals surface area (Å²) in [4.78, 5) is 12.1. The third-order valence-electron chi connectivity index (χ3n) is 4.19. The summed E-state index contributed by atoms with van der Waals surface area (Å²) in [7, 11) is -1.83. The minimum atomic E-state index is -3.16. The van der Waals surface area contributed by atoms with Crippen LogP contribution in [0.1, 0.15) is 44.9 Å². The molecule has 1 unspecified atom stereocenters. The number of carbonyl (C=O) groups excluding carboxylic acids is 1. The molecule has 0 amide bonds. The van der Waals surface area contributed by atoms with Gasteiger partial charge in [-0.1, -0.05) is 19.3 Å². The van der Waals surface area contributed by atoms with Crippen LogP contribution in [0, 0.1) is 0 Å². The highest BCUT2D eigenvalue weighted by atomic mass is 32.2. The van der Waals surface area contributed by atoms with Crippen molar-refractivity contribution in [3.8, 4) is 0 Å². The summed E-state index contributed by atoms with van der Waals surface area (Å²) in [6.45, 7) is 0. The lowest BCUT2D eigenvalue weighted by Gasteiger charge is -2.39. The van der Waals surface area contributed by atoms with Crippen molar-refractivity contribution in [3.05, 3.63) is 0 Å². The molecule has 1 N–H and O–H groups in total. The molecule has 0 aromatic rings. The third kappa shape index (κ3) is 3.48. The molecular weight excluding hydrogens is 266 g/mol. The molecular formula is C13H23NO4S. The second kappa shape index (κ2) is 5.79. The largest absolute Gasteiger partial charge is 0.468 e. The zero-order valence-corrected chi connectivity index (χ0v) is 12.3. The fourth-order valence-electron chi connectivity index (χ4n) is 3.28. The minimum Gasteiger partial charge on any atom is -0.468 e. The molecule has 110 valence electrons. The van der Waals surface area contributed by atoms with Gasteiger partial charge in [0, 0.05) is 6.04 Å². The van der Waals surface area contributed by atoms with E-state index in [0.29, 0.717) is 12.8 Å². The zero-order valence-electron chi connectivity index (χ0n) is 11.5. The van der Waals surface area contributed by atoms with Crippen molar-refractivity contribution >= 4 is 15.8 Å². The van der Waals surface area contributed by atoms with Crippen molar-refractivity contribution in [2.75, 3.05) is 18.6 Å². The minimum absolute atomic E-state index is 0.122. The van der Waals surface area contributed by atoms with Gasteiger partial charge in [-0.25, -0.2) is 8.42 Å². The Morgan fingerprint density at radius 1 is 1.21 bits per heavy atom. The van der Waals surface area contributed by atoms with E-state index in [9.17, 15) is 13.2 Å². The quantitative estimate of drug-likeness (QED) is 0.786. The molecule has 0 bridgehead atoms. The van der Waals surface area contributed by atoms with Crippen molar-refractivity contribution in [1.82, 2.24) is 5.32 Å². The summed E-state index contributed by atoms with van der Waals surface area (Å²) >= 11 is 0. The molecule has 1 saturated heterocycles. The van der Waals surface area contributed by atoms with Crippen LogP contribution in [0.15, 0.2) is 0 Å². The predicted molar refractivity (Wildman–Crippen MR) is 72.6 cm³/mol. The first-order valence-electron chi connectivity index (χ1n) is 7.04. The number of carbonyl (C=O) groups is 1. The van der Waals surface area contributed by atoms with E-state index in [2.05, 4.69) is 5.32 Å². The molecule has 1 heterocycles. The lowest BCUT2D eigenvalue weighted by molar-refractivity contribution is -0.148. The molecule has 1 aliphatic carbocycles. The second-order valence-corrected chi connectivity index (χ2v) is 7.93. The van der Waals surface area contributed by atoms with Crippen molar-refractivity contribution in [3.63, 3.8) is 0 Å². The van der Waals surface area contributed by atoms with Crippen LogP contribution in [0.3, 0.4) is 0 Å². The summed E-state index contributed by atoms with van der Waals surface area (Å²) in [5, 5.41) is 3.32. The number of sulfone groups is 1. The fourth-order valence-corrected chi connectivity index (χ4v) is 5.11. The van der Waals surface area contributed by atoms with Gasteiger partial charge in [0.1, 0.15) is 5.54 Å². The second-order valence-electron chi connectivity index (χ2n) is 5.75. The van der Waals surface area contributed by atoms with Crippen molar-refractivity contribution in [2.24, 2.45) is 0 Å². The molecule has 0 aromatic heterocycles. The molecule has 2 aliphatic rings. The van der Waals surface area contributed by atoms with Crippen LogP contribution in [0.4, 0.5) is 0 Å². The molecule has 6 heteroatoms. The van der Waals surface area contributed by atoms with Gasteiger partial charge in [0.25, 0.3) is 0 Å². The van der Waals surface area contributed by atoms with Gasteiger partial charge in [0.05, 0.1) is 18.6 Å². The van der Waals surface area contributed by atoms with Gasteiger partial charge in [0.15, 0.2) is 9.84 Å². The van der Waals surface area contributed by atoms with E-state index in [1.807, 2.05) is 0 Å². The molecule has 5 nitrogen and oxygen atoms in total. The molecule has 19 heavy (non-hydrogen) atoms. The van der Waals surface area contributed by atoms with E-state index < -0.39 is 21.3 Å². The first-order chi connectivity index (χ1) is 8.97. The summed E-state index contributed by atoms with van der Waals surface area (Å²) < 4.78 is 28.6. The van der Waals surface area contributed by atoms with Gasteiger partial charge >= 0.3 is 5.97 Å². The van der Waals surface area contributed by atoms with Gasteiger partial charge in [-0.15, -0.1) is 0 Å². The maximum atomic E-state index is 12.1. The van der Waals surface area contributed by atoms with E-state index in [4.69, 9.17) is 4.74 Å². The predicted octanol–water partition coefficient (Wildman–Crippen LogP) is 1.03. The average Bonchev–Trinajstić information content (AvgIpc) is 2.37. The smallest absolute Gasteiger partial charge is 0.327 e. The van der Waals surface area contributed by atoms with Gasteiger partial charge in [-0.05, 0) is 25.7 Å². The standard InChI is InChI=1S/C13H23NO4S/c1-18-12(15)13(8-5-9-19(16,17)10-13)14-11-6-3-2-4-7-11/h11,14H,2-10H2,1H3. The van der Waals surface area contributed by atoms with Crippen molar-refractivity contribution < 1.29 is 17.9 Å². The van der Waals surface area contributed by atoms with Crippen LogP contribution in [0.5, 0.6) is 0 Å². The first-order valence-corrected chi connectivity index (χ1v) is 8.86. The topological polar surface area (TPSA) is 72.5 Å². The molecule has 2 rings (SSSR count). The molecule has 1 saturated carbocycles. The van der Waals surface area contributed by atoms with Crippen LogP contribution in [-0.4, -0.2) is 44.6 Å². The highest BCUT2D eigenvalue weighted by Gasteiger charge is 2.47. The van der Waals surface area contributed by atoms with Crippen LogP contribution >= 0.6 is 0 Å². The van der Waals surface area contributed by atoms with Crippen LogP contribution in [0.2, 0.25) is 0 Å². The Labute approximate surface area is 115 Å². The number of hydrogen-bond donors (Lipinski definition) is 1. The molecule has 1 atom stereocenters. The SMILES string of the molecule is COC(=O)C1(NC2CCCCC2)CCCS(=O)(=O)C1. The van der Waals surface area contributed by atoms with E-state index in [1.54, 1.807) is 0 Å². The lowest BCUT2D eigenvalue weighted by Crippen LogP contribution is -2.62. The third-order valence-corrected chi connectivity index (χ3v) is 6.03. The fraction of sp³-hybridized carbons (Fsp3) is 0.923. The Morgan fingerprint density at radius 3 is 2.47 bits per heavy atom. The van der Waals surface area contributed by atoms with E-state index >= 15 is 0 Å². The zero-order chi connectivity index (χ0) is 13.9. The Bertz CT molecular complexity index is 428. The number of nitrogens with one attached hydrogen (secondary N) is 1. The van der Waals surface area contributed by atoms with E-state index in [1.165, 1.54) is 13.5 Å². The maximum absolute atomic E-state index is 12.1. The highest BCUT2D eigenvalue weighted by molar-refractivity contribution is 7.91. The van der Waals surface area contributed by atoms with Crippen LogP contribution in [0.25, 0.3) is 0 Å². The number of ether oxygens (including phenoxy) is 1.